The van der Waals surface area contributed by atoms with Crippen LogP contribution in [0.25, 0.3) is 0 Å². The van der Waals surface area contributed by atoms with Crippen molar-refractivity contribution in [3.05, 3.63) is 30.3 Å². The third-order valence-corrected chi connectivity index (χ3v) is 3.06. The molecule has 1 fully saturated rings. The molecule has 1 aromatic carbocycles. The molecule has 1 atom stereocenters. The molecular formula is C14H21NO2. The van der Waals surface area contributed by atoms with E-state index in [0.717, 1.165) is 24.8 Å². The first kappa shape index (κ1) is 12.4. The van der Waals surface area contributed by atoms with Crippen molar-refractivity contribution in [2.75, 3.05) is 26.9 Å². The molecule has 0 radical (unpaired) electrons. The van der Waals surface area contributed by atoms with E-state index in [1.807, 2.05) is 30.3 Å². The van der Waals surface area contributed by atoms with Crippen LogP contribution in [0, 0.1) is 5.92 Å². The van der Waals surface area contributed by atoms with Gasteiger partial charge in [-0.3, -0.25) is 0 Å². The number of benzene rings is 1. The quantitative estimate of drug-likeness (QED) is 0.700. The Bertz CT molecular complexity index is 311. The minimum absolute atomic E-state index is 0.499. The van der Waals surface area contributed by atoms with Crippen molar-refractivity contribution >= 4 is 0 Å². The minimum atomic E-state index is 0.499. The molecular weight excluding hydrogens is 214 g/mol. The van der Waals surface area contributed by atoms with Crippen LogP contribution >= 0.6 is 0 Å². The monoisotopic (exact) mass is 235 g/mol. The van der Waals surface area contributed by atoms with E-state index in [1.165, 1.54) is 12.8 Å². The Morgan fingerprint density at radius 2 is 2.06 bits per heavy atom. The Balaban J connectivity index is 1.61. The summed E-state index contributed by atoms with van der Waals surface area (Å²) in [4.78, 5) is 0. The molecule has 1 unspecified atom stereocenters. The highest BCUT2D eigenvalue weighted by atomic mass is 16.5. The van der Waals surface area contributed by atoms with Gasteiger partial charge in [0.15, 0.2) is 0 Å². The molecule has 1 aliphatic carbocycles. The molecule has 0 aliphatic heterocycles. The molecule has 2 rings (SSSR count). The highest BCUT2D eigenvalue weighted by molar-refractivity contribution is 5.20. The molecule has 1 saturated carbocycles. The van der Waals surface area contributed by atoms with E-state index >= 15 is 0 Å². The van der Waals surface area contributed by atoms with Crippen LogP contribution in [-0.4, -0.2) is 32.9 Å². The molecule has 0 aromatic heterocycles. The van der Waals surface area contributed by atoms with Crippen molar-refractivity contribution in [1.29, 1.82) is 0 Å². The van der Waals surface area contributed by atoms with Crippen molar-refractivity contribution in [3.8, 4) is 5.75 Å². The summed E-state index contributed by atoms with van der Waals surface area (Å²) in [6.07, 6.45) is 2.67. The zero-order valence-electron chi connectivity index (χ0n) is 10.4. The van der Waals surface area contributed by atoms with Crippen molar-refractivity contribution < 1.29 is 9.47 Å². The van der Waals surface area contributed by atoms with Gasteiger partial charge in [-0.2, -0.15) is 0 Å². The van der Waals surface area contributed by atoms with Gasteiger partial charge in [-0.1, -0.05) is 18.2 Å². The fourth-order valence-electron chi connectivity index (χ4n) is 1.97. The van der Waals surface area contributed by atoms with E-state index < -0.39 is 0 Å². The lowest BCUT2D eigenvalue weighted by Gasteiger charge is -2.17. The van der Waals surface area contributed by atoms with Gasteiger partial charge in [0, 0.05) is 19.7 Å². The van der Waals surface area contributed by atoms with Crippen LogP contribution in [0.4, 0.5) is 0 Å². The first-order valence-electron chi connectivity index (χ1n) is 6.30. The molecule has 3 heteroatoms. The smallest absolute Gasteiger partial charge is 0.119 e. The minimum Gasteiger partial charge on any atom is -0.492 e. The predicted octanol–water partition coefficient (Wildman–Crippen LogP) is 2.08. The zero-order valence-corrected chi connectivity index (χ0v) is 10.4. The number of ether oxygens (including phenoxy) is 2. The van der Waals surface area contributed by atoms with Crippen LogP contribution in [0.2, 0.25) is 0 Å². The maximum atomic E-state index is 5.63. The second kappa shape index (κ2) is 6.62. The average molecular weight is 235 g/mol. The second-order valence-corrected chi connectivity index (χ2v) is 4.51. The van der Waals surface area contributed by atoms with E-state index in [9.17, 15) is 0 Å². The van der Waals surface area contributed by atoms with Gasteiger partial charge in [0.25, 0.3) is 0 Å². The van der Waals surface area contributed by atoms with Crippen molar-refractivity contribution in [2.45, 2.75) is 18.9 Å². The van der Waals surface area contributed by atoms with Crippen LogP contribution in [-0.2, 0) is 4.74 Å². The number of nitrogens with one attached hydrogen (secondary N) is 1. The van der Waals surface area contributed by atoms with Crippen molar-refractivity contribution in [2.24, 2.45) is 5.92 Å². The maximum Gasteiger partial charge on any atom is 0.119 e. The van der Waals surface area contributed by atoms with Gasteiger partial charge in [-0.05, 0) is 30.9 Å². The molecule has 0 spiro atoms. The predicted molar refractivity (Wildman–Crippen MR) is 68.3 cm³/mol. The zero-order chi connectivity index (χ0) is 11.9. The van der Waals surface area contributed by atoms with Gasteiger partial charge in [0.2, 0.25) is 0 Å². The van der Waals surface area contributed by atoms with Crippen molar-refractivity contribution in [1.82, 2.24) is 5.32 Å². The number of hydrogen-bond donors (Lipinski definition) is 1. The number of rotatable bonds is 8. The normalized spacial score (nSPS) is 16.8. The number of methoxy groups -OCH3 is 1. The third-order valence-electron chi connectivity index (χ3n) is 3.06. The Morgan fingerprint density at radius 3 is 2.71 bits per heavy atom. The Hall–Kier alpha value is -1.06. The Labute approximate surface area is 103 Å². The fourth-order valence-corrected chi connectivity index (χ4v) is 1.97. The van der Waals surface area contributed by atoms with Crippen molar-refractivity contribution in [3.63, 3.8) is 0 Å². The summed E-state index contributed by atoms with van der Waals surface area (Å²) in [6.45, 7) is 2.38. The molecule has 17 heavy (non-hydrogen) atoms. The van der Waals surface area contributed by atoms with Gasteiger partial charge in [-0.25, -0.2) is 0 Å². The van der Waals surface area contributed by atoms with Gasteiger partial charge in [0.05, 0.1) is 6.61 Å². The molecule has 3 nitrogen and oxygen atoms in total. The second-order valence-electron chi connectivity index (χ2n) is 4.51. The van der Waals surface area contributed by atoms with Gasteiger partial charge in [-0.15, -0.1) is 0 Å². The van der Waals surface area contributed by atoms with Gasteiger partial charge >= 0.3 is 0 Å². The van der Waals surface area contributed by atoms with E-state index in [-0.39, 0.29) is 0 Å². The summed E-state index contributed by atoms with van der Waals surface area (Å²) >= 11 is 0. The number of hydrogen-bond acceptors (Lipinski definition) is 3. The van der Waals surface area contributed by atoms with E-state index in [2.05, 4.69) is 5.32 Å². The summed E-state index contributed by atoms with van der Waals surface area (Å²) in [7, 11) is 1.76. The standard InChI is InChI=1S/C14H21NO2/c1-16-11-14(12-7-8-12)15-9-10-17-13-5-3-2-4-6-13/h2-6,12,14-15H,7-11H2,1H3. The molecule has 1 N–H and O–H groups in total. The highest BCUT2D eigenvalue weighted by Gasteiger charge is 2.30. The first-order chi connectivity index (χ1) is 8.40. The van der Waals surface area contributed by atoms with E-state index in [0.29, 0.717) is 12.6 Å². The largest absolute Gasteiger partial charge is 0.492 e. The van der Waals surface area contributed by atoms with Gasteiger partial charge < -0.3 is 14.8 Å². The Kier molecular flexibility index (Phi) is 4.83. The fraction of sp³-hybridized carbons (Fsp3) is 0.571. The average Bonchev–Trinajstić information content (AvgIpc) is 3.19. The third kappa shape index (κ3) is 4.36. The summed E-state index contributed by atoms with van der Waals surface area (Å²) in [5.41, 5.74) is 0. The lowest BCUT2D eigenvalue weighted by molar-refractivity contribution is 0.154. The lowest BCUT2D eigenvalue weighted by Crippen LogP contribution is -2.37. The molecule has 0 heterocycles. The molecule has 1 aliphatic rings. The first-order valence-corrected chi connectivity index (χ1v) is 6.30. The summed E-state index contributed by atoms with van der Waals surface area (Å²) < 4.78 is 10.8. The summed E-state index contributed by atoms with van der Waals surface area (Å²) in [5, 5.41) is 3.50. The summed E-state index contributed by atoms with van der Waals surface area (Å²) in [6, 6.07) is 10.4. The van der Waals surface area contributed by atoms with Crippen LogP contribution in [0.3, 0.4) is 0 Å². The van der Waals surface area contributed by atoms with Crippen LogP contribution in [0.15, 0.2) is 30.3 Å². The number of para-hydroxylation sites is 1. The molecule has 1 aromatic rings. The van der Waals surface area contributed by atoms with Crippen LogP contribution in [0.5, 0.6) is 5.75 Å². The summed E-state index contributed by atoms with van der Waals surface area (Å²) in [5.74, 6) is 1.75. The SMILES string of the molecule is COCC(NCCOc1ccccc1)C1CC1. The molecule has 0 amide bonds. The van der Waals surface area contributed by atoms with E-state index in [4.69, 9.17) is 9.47 Å². The van der Waals surface area contributed by atoms with Gasteiger partial charge in [0.1, 0.15) is 12.4 Å². The molecule has 0 saturated heterocycles. The maximum absolute atomic E-state index is 5.63. The molecule has 94 valence electrons. The topological polar surface area (TPSA) is 30.5 Å². The van der Waals surface area contributed by atoms with Crippen LogP contribution < -0.4 is 10.1 Å². The lowest BCUT2D eigenvalue weighted by atomic mass is 10.2. The molecule has 0 bridgehead atoms. The van der Waals surface area contributed by atoms with Crippen LogP contribution in [0.1, 0.15) is 12.8 Å². The Morgan fingerprint density at radius 1 is 1.29 bits per heavy atom. The van der Waals surface area contributed by atoms with E-state index in [1.54, 1.807) is 7.11 Å². The highest BCUT2D eigenvalue weighted by Crippen LogP contribution is 2.32.